The zero-order valence-corrected chi connectivity index (χ0v) is 9.91. The van der Waals surface area contributed by atoms with E-state index in [0.29, 0.717) is 6.42 Å². The van der Waals surface area contributed by atoms with Crippen LogP contribution in [0.3, 0.4) is 0 Å². The lowest BCUT2D eigenvalue weighted by Gasteiger charge is -2.22. The molecule has 0 bridgehead atoms. The third kappa shape index (κ3) is 2.32. The highest BCUT2D eigenvalue weighted by molar-refractivity contribution is 6.02. The van der Waals surface area contributed by atoms with Crippen LogP contribution in [0.25, 0.3) is 6.08 Å². The number of Topliss-reactive ketones (excluding diaryl/α,β-unsaturated/α-hetero) is 1. The quantitative estimate of drug-likeness (QED) is 0.718. The van der Waals surface area contributed by atoms with Crippen LogP contribution in [0, 0.1) is 0 Å². The average molecular weight is 216 g/mol. The first-order valence-corrected chi connectivity index (χ1v) is 5.48. The van der Waals surface area contributed by atoms with Crippen molar-refractivity contribution in [2.24, 2.45) is 0 Å². The third-order valence-corrected chi connectivity index (χ3v) is 2.35. The third-order valence-electron chi connectivity index (χ3n) is 2.35. The molecule has 0 amide bonds. The minimum atomic E-state index is -0.212. The van der Waals surface area contributed by atoms with E-state index in [1.165, 1.54) is 0 Å². The number of ketones is 1. The Kier molecular flexibility index (Phi) is 2.58. The molecule has 1 aromatic carbocycles. The molecular formula is C14H16O2. The van der Waals surface area contributed by atoms with Crippen molar-refractivity contribution in [1.29, 1.82) is 0 Å². The van der Waals surface area contributed by atoms with Crippen LogP contribution < -0.4 is 4.74 Å². The van der Waals surface area contributed by atoms with Crippen LogP contribution in [0.4, 0.5) is 0 Å². The number of allylic oxidation sites excluding steroid dienone is 1. The van der Waals surface area contributed by atoms with Gasteiger partial charge in [0.2, 0.25) is 0 Å². The molecule has 0 N–H and O–H groups in total. The SMILES string of the molecule is CC(C)(C)Oc1ccc2c(c1)C=CCC2=O. The number of fused-ring (bicyclic) bond motifs is 1. The minimum absolute atomic E-state index is 0.180. The summed E-state index contributed by atoms with van der Waals surface area (Å²) in [5, 5.41) is 0. The largest absolute Gasteiger partial charge is 0.488 e. The zero-order chi connectivity index (χ0) is 11.8. The van der Waals surface area contributed by atoms with Crippen molar-refractivity contribution in [2.75, 3.05) is 0 Å². The number of hydrogen-bond acceptors (Lipinski definition) is 2. The highest BCUT2D eigenvalue weighted by Crippen LogP contribution is 2.26. The van der Waals surface area contributed by atoms with E-state index in [4.69, 9.17) is 4.74 Å². The Bertz CT molecular complexity index is 450. The monoisotopic (exact) mass is 216 g/mol. The van der Waals surface area contributed by atoms with Crippen LogP contribution in [-0.2, 0) is 0 Å². The second kappa shape index (κ2) is 3.78. The molecule has 0 saturated carbocycles. The van der Waals surface area contributed by atoms with Crippen LogP contribution in [-0.4, -0.2) is 11.4 Å². The van der Waals surface area contributed by atoms with Gasteiger partial charge >= 0.3 is 0 Å². The van der Waals surface area contributed by atoms with Gasteiger partial charge < -0.3 is 4.74 Å². The van der Waals surface area contributed by atoms with Gasteiger partial charge in [0.1, 0.15) is 11.4 Å². The number of hydrogen-bond donors (Lipinski definition) is 0. The Labute approximate surface area is 95.9 Å². The predicted molar refractivity (Wildman–Crippen MR) is 64.8 cm³/mol. The van der Waals surface area contributed by atoms with Gasteiger partial charge in [0.15, 0.2) is 5.78 Å². The normalized spacial score (nSPS) is 14.8. The van der Waals surface area contributed by atoms with E-state index >= 15 is 0 Å². The maximum absolute atomic E-state index is 11.6. The van der Waals surface area contributed by atoms with E-state index in [9.17, 15) is 4.79 Å². The molecule has 0 saturated heterocycles. The first-order valence-electron chi connectivity index (χ1n) is 5.48. The lowest BCUT2D eigenvalue weighted by molar-refractivity contribution is 0.0994. The van der Waals surface area contributed by atoms with Gasteiger partial charge in [-0.05, 0) is 44.5 Å². The maximum atomic E-state index is 11.6. The van der Waals surface area contributed by atoms with Crippen molar-refractivity contribution in [2.45, 2.75) is 32.8 Å². The van der Waals surface area contributed by atoms with Crippen molar-refractivity contribution in [3.63, 3.8) is 0 Å². The fraction of sp³-hybridized carbons (Fsp3) is 0.357. The summed E-state index contributed by atoms with van der Waals surface area (Å²) in [6.45, 7) is 6.02. The molecule has 0 heterocycles. The van der Waals surface area contributed by atoms with Crippen LogP contribution in [0.15, 0.2) is 24.3 Å². The Morgan fingerprint density at radius 1 is 1.25 bits per heavy atom. The topological polar surface area (TPSA) is 26.3 Å². The van der Waals surface area contributed by atoms with Crippen LogP contribution in [0.5, 0.6) is 5.75 Å². The second-order valence-corrected chi connectivity index (χ2v) is 4.99. The first-order chi connectivity index (χ1) is 7.46. The lowest BCUT2D eigenvalue weighted by atomic mass is 9.96. The number of rotatable bonds is 1. The van der Waals surface area contributed by atoms with Gasteiger partial charge in [0, 0.05) is 12.0 Å². The Hall–Kier alpha value is -1.57. The van der Waals surface area contributed by atoms with Crippen molar-refractivity contribution < 1.29 is 9.53 Å². The molecule has 0 atom stereocenters. The molecule has 0 fully saturated rings. The molecule has 2 rings (SSSR count). The van der Waals surface area contributed by atoms with Crippen LogP contribution >= 0.6 is 0 Å². The highest BCUT2D eigenvalue weighted by atomic mass is 16.5. The van der Waals surface area contributed by atoms with Gasteiger partial charge in [-0.2, -0.15) is 0 Å². The fourth-order valence-corrected chi connectivity index (χ4v) is 1.75. The molecular weight excluding hydrogens is 200 g/mol. The fourth-order valence-electron chi connectivity index (χ4n) is 1.75. The molecule has 84 valence electrons. The summed E-state index contributed by atoms with van der Waals surface area (Å²) >= 11 is 0. The number of ether oxygens (including phenoxy) is 1. The molecule has 0 unspecified atom stereocenters. The Balaban J connectivity index is 2.34. The molecule has 2 nitrogen and oxygen atoms in total. The Morgan fingerprint density at radius 2 is 2.00 bits per heavy atom. The number of benzene rings is 1. The molecule has 1 aliphatic carbocycles. The van der Waals surface area contributed by atoms with E-state index in [0.717, 1.165) is 16.9 Å². The van der Waals surface area contributed by atoms with E-state index < -0.39 is 0 Å². The van der Waals surface area contributed by atoms with Gasteiger partial charge in [-0.1, -0.05) is 12.2 Å². The van der Waals surface area contributed by atoms with E-state index in [-0.39, 0.29) is 11.4 Å². The average Bonchev–Trinajstić information content (AvgIpc) is 2.15. The molecule has 0 radical (unpaired) electrons. The molecule has 1 aromatic rings. The van der Waals surface area contributed by atoms with Gasteiger partial charge in [0.05, 0.1) is 0 Å². The van der Waals surface area contributed by atoms with Crippen LogP contribution in [0.2, 0.25) is 0 Å². The highest BCUT2D eigenvalue weighted by Gasteiger charge is 2.16. The summed E-state index contributed by atoms with van der Waals surface area (Å²) in [6, 6.07) is 5.64. The van der Waals surface area contributed by atoms with Crippen molar-refractivity contribution in [1.82, 2.24) is 0 Å². The Morgan fingerprint density at radius 3 is 2.69 bits per heavy atom. The van der Waals surface area contributed by atoms with E-state index in [1.54, 1.807) is 0 Å². The number of carbonyl (C=O) groups excluding carboxylic acids is 1. The summed E-state index contributed by atoms with van der Waals surface area (Å²) in [7, 11) is 0. The van der Waals surface area contributed by atoms with Gasteiger partial charge in [-0.25, -0.2) is 0 Å². The van der Waals surface area contributed by atoms with Crippen molar-refractivity contribution in [3.8, 4) is 5.75 Å². The smallest absolute Gasteiger partial charge is 0.167 e. The molecule has 0 aliphatic heterocycles. The second-order valence-electron chi connectivity index (χ2n) is 4.99. The number of carbonyl (C=O) groups is 1. The summed E-state index contributed by atoms with van der Waals surface area (Å²) < 4.78 is 5.76. The predicted octanol–water partition coefficient (Wildman–Crippen LogP) is 3.46. The van der Waals surface area contributed by atoms with E-state index in [2.05, 4.69) is 0 Å². The van der Waals surface area contributed by atoms with Crippen molar-refractivity contribution >= 4 is 11.9 Å². The van der Waals surface area contributed by atoms with Gasteiger partial charge in [-0.15, -0.1) is 0 Å². The zero-order valence-electron chi connectivity index (χ0n) is 9.91. The molecule has 16 heavy (non-hydrogen) atoms. The van der Waals surface area contributed by atoms with E-state index in [1.807, 2.05) is 51.1 Å². The summed E-state index contributed by atoms with van der Waals surface area (Å²) in [6.07, 6.45) is 4.38. The summed E-state index contributed by atoms with van der Waals surface area (Å²) in [5.74, 6) is 0.991. The molecule has 2 heteroatoms. The van der Waals surface area contributed by atoms with Gasteiger partial charge in [-0.3, -0.25) is 4.79 Å². The maximum Gasteiger partial charge on any atom is 0.167 e. The minimum Gasteiger partial charge on any atom is -0.488 e. The van der Waals surface area contributed by atoms with Crippen LogP contribution in [0.1, 0.15) is 43.1 Å². The summed E-state index contributed by atoms with van der Waals surface area (Å²) in [4.78, 5) is 11.6. The molecule has 0 spiro atoms. The van der Waals surface area contributed by atoms with Crippen molar-refractivity contribution in [3.05, 3.63) is 35.4 Å². The standard InChI is InChI=1S/C14H16O2/c1-14(2,3)16-11-7-8-12-10(9-11)5-4-6-13(12)15/h4-5,7-9H,6H2,1-3H3. The molecule has 0 aromatic heterocycles. The lowest BCUT2D eigenvalue weighted by Crippen LogP contribution is -2.23. The summed E-state index contributed by atoms with van der Waals surface area (Å²) in [5.41, 5.74) is 1.54. The van der Waals surface area contributed by atoms with Gasteiger partial charge in [0.25, 0.3) is 0 Å². The molecule has 1 aliphatic rings. The first kappa shape index (κ1) is 10.9.